The third kappa shape index (κ3) is 3.26. The number of aliphatic hydroxyl groups excluding tert-OH is 1. The largest absolute Gasteiger partial charge is 0.489 e. The molecule has 1 atom stereocenters. The van der Waals surface area contributed by atoms with Gasteiger partial charge in [-0.05, 0) is 26.0 Å². The minimum Gasteiger partial charge on any atom is -0.489 e. The van der Waals surface area contributed by atoms with Gasteiger partial charge in [-0.25, -0.2) is 4.39 Å². The van der Waals surface area contributed by atoms with Crippen LogP contribution in [-0.2, 0) is 0 Å². The van der Waals surface area contributed by atoms with E-state index in [0.29, 0.717) is 11.3 Å². The Balaban J connectivity index is 2.33. The van der Waals surface area contributed by atoms with Crippen molar-refractivity contribution < 1.29 is 14.2 Å². The highest BCUT2D eigenvalue weighted by Crippen LogP contribution is 2.29. The summed E-state index contributed by atoms with van der Waals surface area (Å²) in [6.45, 7) is 3.78. The zero-order chi connectivity index (χ0) is 14.7. The number of halogens is 2. The Hall–Kier alpha value is -1.65. The molecule has 0 saturated carbocycles. The van der Waals surface area contributed by atoms with E-state index in [1.165, 1.54) is 18.3 Å². The van der Waals surface area contributed by atoms with Crippen LogP contribution in [0.2, 0.25) is 5.02 Å². The molecule has 2 aromatic rings. The number of pyridine rings is 1. The van der Waals surface area contributed by atoms with Gasteiger partial charge in [0.2, 0.25) is 0 Å². The average Bonchev–Trinajstić information content (AvgIpc) is 2.41. The highest BCUT2D eigenvalue weighted by atomic mass is 35.5. The van der Waals surface area contributed by atoms with Crippen LogP contribution < -0.4 is 4.74 Å². The maximum absolute atomic E-state index is 13.9. The van der Waals surface area contributed by atoms with Crippen molar-refractivity contribution in [2.75, 3.05) is 0 Å². The molecular weight excluding hydrogens is 281 g/mol. The quantitative estimate of drug-likeness (QED) is 0.934. The van der Waals surface area contributed by atoms with E-state index in [4.69, 9.17) is 16.3 Å². The van der Waals surface area contributed by atoms with E-state index >= 15 is 0 Å². The van der Waals surface area contributed by atoms with Crippen LogP contribution >= 0.6 is 11.6 Å². The fraction of sp³-hybridized carbons (Fsp3) is 0.267. The molecule has 0 aliphatic carbocycles. The molecule has 1 N–H and O–H groups in total. The number of nitrogens with zero attached hydrogens (tertiary/aromatic N) is 1. The van der Waals surface area contributed by atoms with Crippen LogP contribution in [0, 0.1) is 5.82 Å². The Kier molecular flexibility index (Phi) is 4.57. The van der Waals surface area contributed by atoms with Crippen molar-refractivity contribution in [3.8, 4) is 5.75 Å². The second kappa shape index (κ2) is 6.20. The summed E-state index contributed by atoms with van der Waals surface area (Å²) >= 11 is 5.72. The number of benzene rings is 1. The van der Waals surface area contributed by atoms with Gasteiger partial charge < -0.3 is 9.84 Å². The molecule has 0 aliphatic rings. The van der Waals surface area contributed by atoms with E-state index in [9.17, 15) is 9.50 Å². The summed E-state index contributed by atoms with van der Waals surface area (Å²) in [4.78, 5) is 4.00. The van der Waals surface area contributed by atoms with Gasteiger partial charge in [0.15, 0.2) is 0 Å². The second-order valence-electron chi connectivity index (χ2n) is 4.67. The topological polar surface area (TPSA) is 42.4 Å². The SMILES string of the molecule is CC(C)Oc1cncc(C(O)c2cccc(Cl)c2F)c1. The summed E-state index contributed by atoms with van der Waals surface area (Å²) in [7, 11) is 0. The van der Waals surface area contributed by atoms with Gasteiger partial charge in [-0.3, -0.25) is 4.98 Å². The summed E-state index contributed by atoms with van der Waals surface area (Å²) in [6.07, 6.45) is 1.87. The van der Waals surface area contributed by atoms with Gasteiger partial charge in [0.05, 0.1) is 17.3 Å². The van der Waals surface area contributed by atoms with Crippen molar-refractivity contribution in [2.45, 2.75) is 26.1 Å². The number of hydrogen-bond donors (Lipinski definition) is 1. The summed E-state index contributed by atoms with van der Waals surface area (Å²) in [5.74, 6) is -0.101. The Morgan fingerprint density at radius 1 is 1.30 bits per heavy atom. The van der Waals surface area contributed by atoms with Crippen LogP contribution in [0.5, 0.6) is 5.75 Å². The first-order valence-corrected chi connectivity index (χ1v) is 6.60. The van der Waals surface area contributed by atoms with E-state index in [1.807, 2.05) is 13.8 Å². The molecule has 2 rings (SSSR count). The van der Waals surface area contributed by atoms with Crippen LogP contribution in [0.1, 0.15) is 31.1 Å². The summed E-state index contributed by atoms with van der Waals surface area (Å²) in [5.41, 5.74) is 0.560. The number of rotatable bonds is 4. The lowest BCUT2D eigenvalue weighted by Gasteiger charge is -2.15. The zero-order valence-corrected chi connectivity index (χ0v) is 11.9. The molecule has 0 bridgehead atoms. The van der Waals surface area contributed by atoms with Crippen LogP contribution in [0.25, 0.3) is 0 Å². The number of aromatic nitrogens is 1. The van der Waals surface area contributed by atoms with E-state index in [0.717, 1.165) is 0 Å². The first kappa shape index (κ1) is 14.8. The van der Waals surface area contributed by atoms with Gasteiger partial charge in [-0.1, -0.05) is 23.7 Å². The molecule has 0 spiro atoms. The predicted octanol–water partition coefficient (Wildman–Crippen LogP) is 3.74. The van der Waals surface area contributed by atoms with Gasteiger partial charge in [-0.2, -0.15) is 0 Å². The monoisotopic (exact) mass is 295 g/mol. The normalized spacial score (nSPS) is 12.5. The van der Waals surface area contributed by atoms with Gasteiger partial charge in [-0.15, -0.1) is 0 Å². The van der Waals surface area contributed by atoms with E-state index in [-0.39, 0.29) is 16.7 Å². The van der Waals surface area contributed by atoms with E-state index in [1.54, 1.807) is 18.3 Å². The van der Waals surface area contributed by atoms with E-state index in [2.05, 4.69) is 4.98 Å². The Labute approximate surface area is 122 Å². The molecule has 1 aromatic carbocycles. The van der Waals surface area contributed by atoms with Crippen molar-refractivity contribution in [3.05, 3.63) is 58.6 Å². The van der Waals surface area contributed by atoms with Crippen molar-refractivity contribution in [1.29, 1.82) is 0 Å². The van der Waals surface area contributed by atoms with Crippen LogP contribution in [0.4, 0.5) is 4.39 Å². The standard InChI is InChI=1S/C15H15ClFNO2/c1-9(2)20-11-6-10(7-18-8-11)15(19)12-4-3-5-13(16)14(12)17/h3-9,15,19H,1-2H3. The lowest BCUT2D eigenvalue weighted by molar-refractivity contribution is 0.211. The van der Waals surface area contributed by atoms with Crippen molar-refractivity contribution in [2.24, 2.45) is 0 Å². The molecule has 1 aromatic heterocycles. The van der Waals surface area contributed by atoms with Gasteiger partial charge in [0.1, 0.15) is 17.7 Å². The minimum absolute atomic E-state index is 0.00732. The van der Waals surface area contributed by atoms with Crippen molar-refractivity contribution in [1.82, 2.24) is 4.98 Å². The number of hydrogen-bond acceptors (Lipinski definition) is 3. The molecule has 5 heteroatoms. The summed E-state index contributed by atoms with van der Waals surface area (Å²) < 4.78 is 19.4. The fourth-order valence-electron chi connectivity index (χ4n) is 1.83. The molecule has 0 saturated heterocycles. The maximum atomic E-state index is 13.9. The minimum atomic E-state index is -1.14. The van der Waals surface area contributed by atoms with E-state index < -0.39 is 11.9 Å². The first-order chi connectivity index (χ1) is 9.49. The fourth-order valence-corrected chi connectivity index (χ4v) is 2.01. The Morgan fingerprint density at radius 2 is 2.05 bits per heavy atom. The molecule has 1 heterocycles. The maximum Gasteiger partial charge on any atom is 0.147 e. The van der Waals surface area contributed by atoms with Crippen molar-refractivity contribution in [3.63, 3.8) is 0 Å². The van der Waals surface area contributed by atoms with Gasteiger partial charge in [0, 0.05) is 17.3 Å². The molecule has 20 heavy (non-hydrogen) atoms. The predicted molar refractivity (Wildman–Crippen MR) is 75.5 cm³/mol. The molecule has 1 unspecified atom stereocenters. The number of ether oxygens (including phenoxy) is 1. The third-order valence-corrected chi connectivity index (χ3v) is 2.99. The number of aliphatic hydroxyl groups is 1. The molecule has 106 valence electrons. The molecule has 3 nitrogen and oxygen atoms in total. The van der Waals surface area contributed by atoms with Crippen LogP contribution in [0.3, 0.4) is 0 Å². The lowest BCUT2D eigenvalue weighted by atomic mass is 10.0. The second-order valence-corrected chi connectivity index (χ2v) is 5.07. The van der Waals surface area contributed by atoms with Crippen LogP contribution in [-0.4, -0.2) is 16.2 Å². The van der Waals surface area contributed by atoms with Gasteiger partial charge >= 0.3 is 0 Å². The highest BCUT2D eigenvalue weighted by molar-refractivity contribution is 6.30. The third-order valence-electron chi connectivity index (χ3n) is 2.70. The summed E-state index contributed by atoms with van der Waals surface area (Å²) in [5, 5.41) is 10.2. The van der Waals surface area contributed by atoms with Gasteiger partial charge in [0.25, 0.3) is 0 Å². The Morgan fingerprint density at radius 3 is 2.75 bits per heavy atom. The van der Waals surface area contributed by atoms with Crippen LogP contribution in [0.15, 0.2) is 36.7 Å². The molecule has 0 amide bonds. The molecule has 0 fully saturated rings. The molecule has 0 aliphatic heterocycles. The lowest BCUT2D eigenvalue weighted by Crippen LogP contribution is -2.08. The summed E-state index contributed by atoms with van der Waals surface area (Å²) in [6, 6.07) is 6.15. The molecule has 0 radical (unpaired) electrons. The zero-order valence-electron chi connectivity index (χ0n) is 11.2. The smallest absolute Gasteiger partial charge is 0.147 e. The average molecular weight is 296 g/mol. The van der Waals surface area contributed by atoms with Crippen molar-refractivity contribution >= 4 is 11.6 Å². The highest BCUT2D eigenvalue weighted by Gasteiger charge is 2.17. The Bertz CT molecular complexity index is 604. The first-order valence-electron chi connectivity index (χ1n) is 6.22. The molecular formula is C15H15ClFNO2.